The van der Waals surface area contributed by atoms with Gasteiger partial charge in [0.1, 0.15) is 0 Å². The van der Waals surface area contributed by atoms with Crippen LogP contribution in [-0.2, 0) is 9.59 Å². The van der Waals surface area contributed by atoms with Gasteiger partial charge < -0.3 is 9.47 Å². The van der Waals surface area contributed by atoms with Crippen molar-refractivity contribution in [2.75, 3.05) is 0 Å². The normalized spacial score (nSPS) is 10.3. The van der Waals surface area contributed by atoms with E-state index in [1.54, 1.807) is 0 Å². The number of hydrogen-bond donors (Lipinski definition) is 0. The minimum atomic E-state index is -1.56. The predicted molar refractivity (Wildman–Crippen MR) is 78.9 cm³/mol. The fraction of sp³-hybridized carbons (Fsp3) is 0.0588. The zero-order valence-electron chi connectivity index (χ0n) is 12.7. The van der Waals surface area contributed by atoms with Gasteiger partial charge in [-0.1, -0.05) is 6.58 Å². The molecule has 0 aliphatic carbocycles. The van der Waals surface area contributed by atoms with Gasteiger partial charge in [0.15, 0.2) is 23.1 Å². The molecule has 0 amide bonds. The molecule has 2 aromatic carbocycles. The highest BCUT2D eigenvalue weighted by molar-refractivity contribution is 5.88. The quantitative estimate of drug-likeness (QED) is 0.268. The van der Waals surface area contributed by atoms with Crippen molar-refractivity contribution in [1.82, 2.24) is 0 Å². The molecule has 0 atom stereocenters. The molecule has 130 valence electrons. The Morgan fingerprint density at radius 2 is 1.40 bits per heavy atom. The zero-order chi connectivity index (χ0) is 18.7. The van der Waals surface area contributed by atoms with Gasteiger partial charge in [-0.15, -0.1) is 0 Å². The van der Waals surface area contributed by atoms with E-state index in [0.29, 0.717) is 0 Å². The Bertz CT molecular complexity index is 877. The van der Waals surface area contributed by atoms with Crippen LogP contribution in [0.15, 0.2) is 36.4 Å². The number of ether oxygens (including phenoxy) is 2. The first-order valence-electron chi connectivity index (χ1n) is 6.72. The van der Waals surface area contributed by atoms with Crippen molar-refractivity contribution in [2.24, 2.45) is 0 Å². The van der Waals surface area contributed by atoms with Gasteiger partial charge in [-0.25, -0.2) is 13.6 Å². The summed E-state index contributed by atoms with van der Waals surface area (Å²) >= 11 is 0. The molecular weight excluding hydrogens is 344 g/mol. The first-order valence-corrected chi connectivity index (χ1v) is 6.72. The Morgan fingerprint density at radius 3 is 1.88 bits per heavy atom. The monoisotopic (exact) mass is 354 g/mol. The van der Waals surface area contributed by atoms with Gasteiger partial charge in [-0.2, -0.15) is 8.78 Å². The predicted octanol–water partition coefficient (Wildman–Crippen LogP) is 3.93. The van der Waals surface area contributed by atoms with Crippen LogP contribution in [0, 0.1) is 23.3 Å². The second-order valence-corrected chi connectivity index (χ2v) is 4.86. The highest BCUT2D eigenvalue weighted by Crippen LogP contribution is 2.34. The van der Waals surface area contributed by atoms with Crippen LogP contribution in [0.5, 0.6) is 11.5 Å². The minimum Gasteiger partial charge on any atom is -0.425 e. The van der Waals surface area contributed by atoms with Crippen molar-refractivity contribution in [3.63, 3.8) is 0 Å². The molecule has 0 spiro atoms. The molecule has 0 saturated carbocycles. The summed E-state index contributed by atoms with van der Waals surface area (Å²) in [4.78, 5) is 21.6. The maximum Gasteiger partial charge on any atom is 0.338 e. The van der Waals surface area contributed by atoms with E-state index in [4.69, 9.17) is 0 Å². The topological polar surface area (TPSA) is 52.6 Å². The molecule has 0 heterocycles. The third-order valence-corrected chi connectivity index (χ3v) is 3.11. The van der Waals surface area contributed by atoms with Gasteiger partial charge in [-0.05, 0) is 31.2 Å². The molecule has 4 nitrogen and oxygen atoms in total. The number of carbonyl (C=O) groups excluding carboxylic acids is 2. The van der Waals surface area contributed by atoms with E-state index in [1.165, 1.54) is 6.92 Å². The smallest absolute Gasteiger partial charge is 0.338 e. The summed E-state index contributed by atoms with van der Waals surface area (Å²) in [5, 5.41) is 0. The average molecular weight is 354 g/mol. The number of rotatable bonds is 5. The Labute approximate surface area is 139 Å². The van der Waals surface area contributed by atoms with E-state index in [0.717, 1.165) is 24.3 Å². The second-order valence-electron chi connectivity index (χ2n) is 4.86. The first-order chi connectivity index (χ1) is 11.8. The van der Waals surface area contributed by atoms with Crippen LogP contribution in [0.25, 0.3) is 11.1 Å². The van der Waals surface area contributed by atoms with Crippen LogP contribution in [-0.4, -0.2) is 12.4 Å². The van der Waals surface area contributed by atoms with Crippen LogP contribution < -0.4 is 9.47 Å². The molecule has 0 bridgehead atoms. The van der Waals surface area contributed by atoms with Gasteiger partial charge in [0.05, 0.1) is 0 Å². The molecule has 8 heteroatoms. The molecule has 0 aliphatic heterocycles. The number of benzene rings is 2. The van der Waals surface area contributed by atoms with Crippen molar-refractivity contribution >= 4 is 12.4 Å². The molecule has 0 unspecified atom stereocenters. The summed E-state index contributed by atoms with van der Waals surface area (Å²) in [7, 11) is 0. The summed E-state index contributed by atoms with van der Waals surface area (Å²) in [6.07, 6.45) is 0. The van der Waals surface area contributed by atoms with Gasteiger partial charge in [0.25, 0.3) is 6.47 Å². The summed E-state index contributed by atoms with van der Waals surface area (Å²) < 4.78 is 64.8. The molecule has 0 saturated heterocycles. The van der Waals surface area contributed by atoms with E-state index in [-0.39, 0.29) is 12.0 Å². The van der Waals surface area contributed by atoms with Crippen molar-refractivity contribution < 1.29 is 36.6 Å². The Kier molecular flexibility index (Phi) is 5.21. The maximum atomic E-state index is 14.2. The van der Waals surface area contributed by atoms with Crippen molar-refractivity contribution in [3.8, 4) is 22.6 Å². The zero-order valence-corrected chi connectivity index (χ0v) is 12.7. The van der Waals surface area contributed by atoms with Crippen LogP contribution in [0.3, 0.4) is 0 Å². The van der Waals surface area contributed by atoms with Crippen LogP contribution in [0.2, 0.25) is 0 Å². The molecule has 0 N–H and O–H groups in total. The standard InChI is InChI=1S/C17H10F4O4/c1-8(2)17(23)25-12-6-4-10(14(19)16(12)21)9-3-5-11(24-7-22)15(20)13(9)18/h3-7H,1H2,2H3. The van der Waals surface area contributed by atoms with E-state index in [9.17, 15) is 27.2 Å². The Morgan fingerprint density at radius 1 is 0.920 bits per heavy atom. The lowest BCUT2D eigenvalue weighted by Crippen LogP contribution is -2.10. The van der Waals surface area contributed by atoms with E-state index >= 15 is 0 Å². The van der Waals surface area contributed by atoms with E-state index in [2.05, 4.69) is 16.1 Å². The average Bonchev–Trinajstić information content (AvgIpc) is 2.57. The number of halogens is 4. The van der Waals surface area contributed by atoms with Crippen molar-refractivity contribution in [2.45, 2.75) is 6.92 Å². The molecule has 0 aliphatic rings. The third kappa shape index (κ3) is 3.52. The lowest BCUT2D eigenvalue weighted by atomic mass is 10.0. The van der Waals surface area contributed by atoms with Crippen molar-refractivity contribution in [1.29, 1.82) is 0 Å². The molecule has 0 aromatic heterocycles. The second kappa shape index (κ2) is 7.16. The lowest BCUT2D eigenvalue weighted by Gasteiger charge is -2.11. The molecule has 2 rings (SSSR count). The summed E-state index contributed by atoms with van der Waals surface area (Å²) in [5.41, 5.74) is -1.26. The highest BCUT2D eigenvalue weighted by Gasteiger charge is 2.22. The third-order valence-electron chi connectivity index (χ3n) is 3.11. The number of esters is 1. The Balaban J connectivity index is 2.50. The van der Waals surface area contributed by atoms with Gasteiger partial charge >= 0.3 is 5.97 Å². The SMILES string of the molecule is C=C(C)C(=O)Oc1ccc(-c2ccc(OC=O)c(F)c2F)c(F)c1F. The fourth-order valence-electron chi connectivity index (χ4n) is 1.89. The number of carbonyl (C=O) groups is 2. The summed E-state index contributed by atoms with van der Waals surface area (Å²) in [6.45, 7) is 4.50. The number of hydrogen-bond acceptors (Lipinski definition) is 4. The maximum absolute atomic E-state index is 14.2. The summed E-state index contributed by atoms with van der Waals surface area (Å²) in [5.74, 6) is -8.58. The molecule has 25 heavy (non-hydrogen) atoms. The van der Waals surface area contributed by atoms with Crippen LogP contribution in [0.4, 0.5) is 17.6 Å². The molecule has 0 radical (unpaired) electrons. The van der Waals surface area contributed by atoms with Crippen molar-refractivity contribution in [3.05, 3.63) is 59.7 Å². The van der Waals surface area contributed by atoms with E-state index < -0.39 is 51.9 Å². The lowest BCUT2D eigenvalue weighted by molar-refractivity contribution is -0.130. The summed E-state index contributed by atoms with van der Waals surface area (Å²) in [6, 6.07) is 3.60. The van der Waals surface area contributed by atoms with Gasteiger partial charge in [0, 0.05) is 16.7 Å². The van der Waals surface area contributed by atoms with Gasteiger partial charge in [-0.3, -0.25) is 4.79 Å². The Hall–Kier alpha value is -3.16. The highest BCUT2D eigenvalue weighted by atomic mass is 19.2. The first kappa shape index (κ1) is 18.2. The van der Waals surface area contributed by atoms with Crippen LogP contribution >= 0.6 is 0 Å². The minimum absolute atomic E-state index is 0.0391. The van der Waals surface area contributed by atoms with Gasteiger partial charge in [0.2, 0.25) is 11.6 Å². The molecular formula is C17H10F4O4. The van der Waals surface area contributed by atoms with Crippen LogP contribution in [0.1, 0.15) is 6.92 Å². The molecule has 0 fully saturated rings. The van der Waals surface area contributed by atoms with E-state index in [1.807, 2.05) is 0 Å². The molecule has 2 aromatic rings. The fourth-order valence-corrected chi connectivity index (χ4v) is 1.89. The largest absolute Gasteiger partial charge is 0.425 e.